The lowest BCUT2D eigenvalue weighted by Gasteiger charge is -2.35. The molecular weight excluding hydrogens is 340 g/mol. The van der Waals surface area contributed by atoms with Crippen LogP contribution in [0.5, 0.6) is 0 Å². The number of fused-ring (bicyclic) bond motifs is 1. The molecule has 0 saturated carbocycles. The first-order valence-electron chi connectivity index (χ1n) is 8.80. The Bertz CT molecular complexity index is 776. The summed E-state index contributed by atoms with van der Waals surface area (Å²) >= 11 is 0. The van der Waals surface area contributed by atoms with Crippen LogP contribution >= 0.6 is 0 Å². The van der Waals surface area contributed by atoms with Crippen LogP contribution in [0.25, 0.3) is 0 Å². The van der Waals surface area contributed by atoms with Gasteiger partial charge >= 0.3 is 6.09 Å². The standard InChI is InChI=1S/C18H26N2O4S/c1-12-5-7-15-16(20(12)18(21)24-2)8-6-14(17(15)19)10-13-4-3-9-25(22,23)11-13/h6,8,12-13H,3-5,7,9-11,19H2,1-2H3/t12-,13?/m0/s1. The van der Waals surface area contributed by atoms with E-state index in [1.165, 1.54) is 7.11 Å². The average molecular weight is 366 g/mol. The highest BCUT2D eigenvalue weighted by atomic mass is 32.2. The van der Waals surface area contributed by atoms with Gasteiger partial charge in [-0.1, -0.05) is 6.07 Å². The van der Waals surface area contributed by atoms with Crippen LogP contribution in [0.1, 0.15) is 37.3 Å². The summed E-state index contributed by atoms with van der Waals surface area (Å²) in [4.78, 5) is 13.8. The monoisotopic (exact) mass is 366 g/mol. The van der Waals surface area contributed by atoms with Gasteiger partial charge in [0.25, 0.3) is 0 Å². The van der Waals surface area contributed by atoms with Crippen molar-refractivity contribution in [1.29, 1.82) is 0 Å². The number of nitrogen functional groups attached to an aromatic ring is 1. The Morgan fingerprint density at radius 1 is 1.36 bits per heavy atom. The molecule has 1 amide bonds. The number of rotatable bonds is 2. The van der Waals surface area contributed by atoms with Gasteiger partial charge in [0.05, 0.1) is 24.3 Å². The molecule has 1 fully saturated rings. The number of anilines is 2. The fraction of sp³-hybridized carbons (Fsp3) is 0.611. The third kappa shape index (κ3) is 3.61. The van der Waals surface area contributed by atoms with Gasteiger partial charge in [-0.05, 0) is 62.1 Å². The number of carbonyl (C=O) groups is 1. The first-order valence-corrected chi connectivity index (χ1v) is 10.6. The van der Waals surface area contributed by atoms with E-state index in [1.807, 2.05) is 19.1 Å². The van der Waals surface area contributed by atoms with Gasteiger partial charge in [0, 0.05) is 11.7 Å². The van der Waals surface area contributed by atoms with Crippen molar-refractivity contribution in [3.63, 3.8) is 0 Å². The van der Waals surface area contributed by atoms with Crippen LogP contribution in [-0.4, -0.2) is 39.2 Å². The zero-order valence-corrected chi connectivity index (χ0v) is 15.6. The first-order chi connectivity index (χ1) is 11.8. The summed E-state index contributed by atoms with van der Waals surface area (Å²) in [6.07, 6.45) is 3.58. The normalized spacial score (nSPS) is 25.3. The second-order valence-corrected chi connectivity index (χ2v) is 9.42. The van der Waals surface area contributed by atoms with E-state index in [0.717, 1.165) is 42.5 Å². The van der Waals surface area contributed by atoms with E-state index >= 15 is 0 Å². The molecule has 2 aliphatic rings. The predicted molar refractivity (Wildman–Crippen MR) is 98.6 cm³/mol. The predicted octanol–water partition coefficient (Wildman–Crippen LogP) is 2.54. The van der Waals surface area contributed by atoms with Gasteiger partial charge < -0.3 is 10.5 Å². The molecular formula is C18H26N2O4S. The third-order valence-electron chi connectivity index (χ3n) is 5.37. The van der Waals surface area contributed by atoms with Gasteiger partial charge in [-0.3, -0.25) is 4.90 Å². The maximum atomic E-state index is 12.1. The van der Waals surface area contributed by atoms with E-state index in [2.05, 4.69) is 0 Å². The van der Waals surface area contributed by atoms with E-state index in [9.17, 15) is 13.2 Å². The Kier molecular flexibility index (Phi) is 4.95. The molecule has 0 spiro atoms. The average Bonchev–Trinajstić information content (AvgIpc) is 2.56. The minimum Gasteiger partial charge on any atom is -0.452 e. The number of methoxy groups -OCH3 is 1. The van der Waals surface area contributed by atoms with Crippen molar-refractivity contribution in [2.75, 3.05) is 29.2 Å². The molecule has 25 heavy (non-hydrogen) atoms. The summed E-state index contributed by atoms with van der Waals surface area (Å²) in [7, 11) is -1.54. The maximum absolute atomic E-state index is 12.1. The topological polar surface area (TPSA) is 89.7 Å². The molecule has 2 heterocycles. The molecule has 0 aliphatic carbocycles. The molecule has 6 nitrogen and oxygen atoms in total. The minimum atomic E-state index is -2.92. The molecule has 1 aromatic carbocycles. The summed E-state index contributed by atoms with van der Waals surface area (Å²) in [6, 6.07) is 3.92. The van der Waals surface area contributed by atoms with Gasteiger partial charge in [0.2, 0.25) is 0 Å². The van der Waals surface area contributed by atoms with Crippen molar-refractivity contribution in [2.24, 2.45) is 5.92 Å². The minimum absolute atomic E-state index is 0.0636. The number of hydrogen-bond donors (Lipinski definition) is 1. The van der Waals surface area contributed by atoms with Crippen molar-refractivity contribution in [1.82, 2.24) is 0 Å². The molecule has 7 heteroatoms. The molecule has 0 radical (unpaired) electrons. The number of ether oxygens (including phenoxy) is 1. The molecule has 2 N–H and O–H groups in total. The number of nitrogens with two attached hydrogens (primary N) is 1. The molecule has 2 aliphatic heterocycles. The number of amides is 1. The Morgan fingerprint density at radius 2 is 2.12 bits per heavy atom. The van der Waals surface area contributed by atoms with Gasteiger partial charge in [-0.15, -0.1) is 0 Å². The Morgan fingerprint density at radius 3 is 2.80 bits per heavy atom. The fourth-order valence-electron chi connectivity index (χ4n) is 4.05. The van der Waals surface area contributed by atoms with E-state index in [1.54, 1.807) is 4.90 Å². The van der Waals surface area contributed by atoms with Gasteiger partial charge in [-0.2, -0.15) is 0 Å². The molecule has 138 valence electrons. The summed E-state index contributed by atoms with van der Waals surface area (Å²) in [5, 5.41) is 0. The van der Waals surface area contributed by atoms with Crippen molar-refractivity contribution >= 4 is 27.3 Å². The number of nitrogens with zero attached hydrogens (tertiary/aromatic N) is 1. The largest absolute Gasteiger partial charge is 0.452 e. The molecule has 1 aromatic rings. The van der Waals surface area contributed by atoms with Gasteiger partial charge in [0.1, 0.15) is 0 Å². The first kappa shape index (κ1) is 18.0. The summed E-state index contributed by atoms with van der Waals surface area (Å²) in [5.74, 6) is 0.669. The number of benzene rings is 1. The number of sulfone groups is 1. The van der Waals surface area contributed by atoms with Gasteiger partial charge in [-0.25, -0.2) is 13.2 Å². The maximum Gasteiger partial charge on any atom is 0.414 e. The smallest absolute Gasteiger partial charge is 0.414 e. The van der Waals surface area contributed by atoms with Crippen molar-refractivity contribution in [3.8, 4) is 0 Å². The number of carbonyl (C=O) groups excluding carboxylic acids is 1. The molecule has 3 rings (SSSR count). The van der Waals surface area contributed by atoms with Crippen LogP contribution in [0.15, 0.2) is 12.1 Å². The fourth-order valence-corrected chi connectivity index (χ4v) is 5.83. The second-order valence-electron chi connectivity index (χ2n) is 7.19. The molecule has 1 unspecified atom stereocenters. The lowest BCUT2D eigenvalue weighted by molar-refractivity contribution is 0.175. The van der Waals surface area contributed by atoms with Crippen molar-refractivity contribution in [2.45, 2.75) is 45.1 Å². The van der Waals surface area contributed by atoms with Crippen LogP contribution in [0.3, 0.4) is 0 Å². The lowest BCUT2D eigenvalue weighted by atomic mass is 9.89. The summed E-state index contributed by atoms with van der Waals surface area (Å²) in [5.41, 5.74) is 9.87. The molecule has 2 atom stereocenters. The Balaban J connectivity index is 1.88. The number of hydrogen-bond acceptors (Lipinski definition) is 5. The van der Waals surface area contributed by atoms with Crippen molar-refractivity contribution < 1.29 is 17.9 Å². The van der Waals surface area contributed by atoms with E-state index in [-0.39, 0.29) is 23.8 Å². The van der Waals surface area contributed by atoms with Crippen LogP contribution in [0.2, 0.25) is 0 Å². The van der Waals surface area contributed by atoms with Crippen LogP contribution in [0, 0.1) is 5.92 Å². The van der Waals surface area contributed by atoms with E-state index < -0.39 is 9.84 Å². The van der Waals surface area contributed by atoms with Crippen molar-refractivity contribution in [3.05, 3.63) is 23.3 Å². The zero-order valence-electron chi connectivity index (χ0n) is 14.8. The lowest BCUT2D eigenvalue weighted by Crippen LogP contribution is -2.42. The zero-order chi connectivity index (χ0) is 18.2. The molecule has 0 bridgehead atoms. The Labute approximate surface area is 149 Å². The van der Waals surface area contributed by atoms with E-state index in [0.29, 0.717) is 17.9 Å². The highest BCUT2D eigenvalue weighted by Gasteiger charge is 2.31. The summed E-state index contributed by atoms with van der Waals surface area (Å²) < 4.78 is 28.6. The summed E-state index contributed by atoms with van der Waals surface area (Å²) in [6.45, 7) is 2.00. The Hall–Kier alpha value is -1.76. The molecule has 1 saturated heterocycles. The van der Waals surface area contributed by atoms with Crippen LogP contribution < -0.4 is 10.6 Å². The SMILES string of the molecule is COC(=O)N1c2ccc(CC3CCCS(=O)(=O)C3)c(N)c2CC[C@@H]1C. The quantitative estimate of drug-likeness (QED) is 0.813. The second kappa shape index (κ2) is 6.86. The van der Waals surface area contributed by atoms with Gasteiger partial charge in [0.15, 0.2) is 9.84 Å². The molecule has 0 aromatic heterocycles. The van der Waals surface area contributed by atoms with Crippen LogP contribution in [-0.2, 0) is 27.4 Å². The van der Waals surface area contributed by atoms with E-state index in [4.69, 9.17) is 10.5 Å². The highest BCUT2D eigenvalue weighted by molar-refractivity contribution is 7.91. The third-order valence-corrected chi connectivity index (χ3v) is 7.26. The highest BCUT2D eigenvalue weighted by Crippen LogP contribution is 2.37. The van der Waals surface area contributed by atoms with Crippen LogP contribution in [0.4, 0.5) is 16.2 Å².